The molecule has 0 radical (unpaired) electrons. The first-order chi connectivity index (χ1) is 12.7. The first kappa shape index (κ1) is 19.3. The van der Waals surface area contributed by atoms with Crippen LogP contribution in [0.4, 0.5) is 0 Å². The van der Waals surface area contributed by atoms with Crippen molar-refractivity contribution < 1.29 is 4.79 Å². The summed E-state index contributed by atoms with van der Waals surface area (Å²) in [6, 6.07) is 10.9. The van der Waals surface area contributed by atoms with Gasteiger partial charge in [0.2, 0.25) is 0 Å². The minimum absolute atomic E-state index is 0.135. The first-order valence-electron chi connectivity index (χ1n) is 9.06. The third-order valence-electron chi connectivity index (χ3n) is 4.50. The number of hydrogen-bond donors (Lipinski definition) is 1. The highest BCUT2D eigenvalue weighted by Gasteiger charge is 2.30. The second-order valence-electron chi connectivity index (χ2n) is 8.03. The van der Waals surface area contributed by atoms with E-state index in [9.17, 15) is 9.59 Å². The van der Waals surface area contributed by atoms with Crippen molar-refractivity contribution in [3.05, 3.63) is 62.7 Å². The van der Waals surface area contributed by atoms with Crippen LogP contribution < -0.4 is 10.9 Å². The van der Waals surface area contributed by atoms with E-state index in [2.05, 4.69) is 31.2 Å². The van der Waals surface area contributed by atoms with Crippen molar-refractivity contribution in [2.75, 3.05) is 0 Å². The Balaban J connectivity index is 2.10. The molecule has 27 heavy (non-hydrogen) atoms. The zero-order valence-electron chi connectivity index (χ0n) is 16.3. The first-order valence-corrected chi connectivity index (χ1v) is 9.94. The molecule has 0 aliphatic rings. The van der Waals surface area contributed by atoms with Crippen molar-refractivity contribution in [3.63, 3.8) is 0 Å². The van der Waals surface area contributed by atoms with E-state index in [4.69, 9.17) is 0 Å². The fourth-order valence-corrected chi connectivity index (χ4v) is 4.11. The molecule has 5 nitrogen and oxygen atoms in total. The van der Waals surface area contributed by atoms with Gasteiger partial charge in [-0.15, -0.1) is 11.3 Å². The molecule has 142 valence electrons. The van der Waals surface area contributed by atoms with E-state index < -0.39 is 0 Å². The van der Waals surface area contributed by atoms with Crippen molar-refractivity contribution in [2.45, 2.75) is 46.7 Å². The maximum Gasteiger partial charge on any atom is 0.274 e. The Morgan fingerprint density at radius 2 is 1.78 bits per heavy atom. The van der Waals surface area contributed by atoms with Crippen LogP contribution in [0, 0.1) is 5.41 Å². The molecule has 1 unspecified atom stereocenters. The Hall–Kier alpha value is -2.47. The molecule has 3 aromatic rings. The van der Waals surface area contributed by atoms with Crippen LogP contribution in [0.1, 0.15) is 62.1 Å². The van der Waals surface area contributed by atoms with Crippen molar-refractivity contribution in [1.82, 2.24) is 15.1 Å². The average molecular weight is 384 g/mol. The van der Waals surface area contributed by atoms with Crippen LogP contribution in [-0.2, 0) is 0 Å². The SMILES string of the molecule is CC(C)n1nc(C(=O)NC(c2cccs2)C(C)(C)C)c2ccccc2c1=O. The molecular weight excluding hydrogens is 358 g/mol. The standard InChI is InChI=1S/C21H25N3O2S/c1-13(2)24-20(26)15-10-7-6-9-14(15)17(23-24)19(25)22-18(21(3,4)5)16-11-8-12-27-16/h6-13,18H,1-5H3,(H,22,25). The lowest BCUT2D eigenvalue weighted by molar-refractivity contribution is 0.0897. The molecule has 2 aromatic heterocycles. The zero-order chi connectivity index (χ0) is 19.8. The van der Waals surface area contributed by atoms with Gasteiger partial charge in [0, 0.05) is 10.3 Å². The molecule has 0 aliphatic heterocycles. The van der Waals surface area contributed by atoms with E-state index in [-0.39, 0.29) is 34.7 Å². The lowest BCUT2D eigenvalue weighted by Gasteiger charge is -2.30. The molecule has 0 aliphatic carbocycles. The van der Waals surface area contributed by atoms with Crippen LogP contribution in [0.2, 0.25) is 0 Å². The van der Waals surface area contributed by atoms with Gasteiger partial charge < -0.3 is 5.32 Å². The number of fused-ring (bicyclic) bond motifs is 1. The summed E-state index contributed by atoms with van der Waals surface area (Å²) >= 11 is 1.62. The van der Waals surface area contributed by atoms with Crippen molar-refractivity contribution >= 4 is 28.0 Å². The Labute approximate surface area is 163 Å². The molecule has 0 fully saturated rings. The van der Waals surface area contributed by atoms with E-state index >= 15 is 0 Å². The van der Waals surface area contributed by atoms with Gasteiger partial charge in [0.25, 0.3) is 11.5 Å². The van der Waals surface area contributed by atoms with E-state index in [1.54, 1.807) is 29.5 Å². The fourth-order valence-electron chi connectivity index (χ4n) is 3.09. The Morgan fingerprint density at radius 1 is 1.11 bits per heavy atom. The minimum atomic E-state index is -0.270. The van der Waals surface area contributed by atoms with Crippen LogP contribution >= 0.6 is 11.3 Å². The summed E-state index contributed by atoms with van der Waals surface area (Å²) in [4.78, 5) is 27.0. The van der Waals surface area contributed by atoms with Crippen LogP contribution in [0.5, 0.6) is 0 Å². The largest absolute Gasteiger partial charge is 0.342 e. The molecule has 1 atom stereocenters. The molecule has 1 aromatic carbocycles. The molecular formula is C21H25N3O2S. The predicted molar refractivity (Wildman–Crippen MR) is 110 cm³/mol. The molecule has 1 amide bonds. The third-order valence-corrected chi connectivity index (χ3v) is 5.44. The van der Waals surface area contributed by atoms with Crippen LogP contribution in [0.15, 0.2) is 46.6 Å². The van der Waals surface area contributed by atoms with E-state index in [0.717, 1.165) is 4.88 Å². The number of nitrogens with zero attached hydrogens (tertiary/aromatic N) is 2. The predicted octanol–water partition coefficient (Wildman–Crippen LogP) is 4.56. The quantitative estimate of drug-likeness (QED) is 0.718. The summed E-state index contributed by atoms with van der Waals surface area (Å²) in [6.07, 6.45) is 0. The summed E-state index contributed by atoms with van der Waals surface area (Å²) in [5, 5.41) is 10.7. The topological polar surface area (TPSA) is 64.0 Å². The van der Waals surface area contributed by atoms with E-state index in [0.29, 0.717) is 10.8 Å². The lowest BCUT2D eigenvalue weighted by atomic mass is 9.85. The molecule has 6 heteroatoms. The monoisotopic (exact) mass is 383 g/mol. The van der Waals surface area contributed by atoms with Crippen molar-refractivity contribution in [3.8, 4) is 0 Å². The summed E-state index contributed by atoms with van der Waals surface area (Å²) in [5.74, 6) is -0.270. The number of hydrogen-bond acceptors (Lipinski definition) is 4. The Kier molecular flexibility index (Phi) is 5.20. The minimum Gasteiger partial charge on any atom is -0.342 e. The number of benzene rings is 1. The molecule has 0 spiro atoms. The summed E-state index contributed by atoms with van der Waals surface area (Å²) in [5.41, 5.74) is -0.0597. The van der Waals surface area contributed by atoms with Crippen LogP contribution in [0.25, 0.3) is 10.8 Å². The van der Waals surface area contributed by atoms with Gasteiger partial charge >= 0.3 is 0 Å². The Morgan fingerprint density at radius 3 is 2.33 bits per heavy atom. The van der Waals surface area contributed by atoms with Crippen LogP contribution in [0.3, 0.4) is 0 Å². The number of aromatic nitrogens is 2. The molecule has 0 saturated carbocycles. The van der Waals surface area contributed by atoms with Gasteiger partial charge in [-0.05, 0) is 36.8 Å². The summed E-state index contributed by atoms with van der Waals surface area (Å²) in [7, 11) is 0. The van der Waals surface area contributed by atoms with Gasteiger partial charge in [-0.3, -0.25) is 9.59 Å². The van der Waals surface area contributed by atoms with Gasteiger partial charge in [-0.2, -0.15) is 5.10 Å². The maximum atomic E-state index is 13.2. The molecule has 3 rings (SSSR count). The van der Waals surface area contributed by atoms with Crippen LogP contribution in [-0.4, -0.2) is 15.7 Å². The number of nitrogens with one attached hydrogen (secondary N) is 1. The van der Waals surface area contributed by atoms with Crippen molar-refractivity contribution in [2.24, 2.45) is 5.41 Å². The molecule has 0 saturated heterocycles. The number of carbonyl (C=O) groups excluding carboxylic acids is 1. The van der Waals surface area contributed by atoms with Gasteiger partial charge in [0.1, 0.15) is 0 Å². The highest BCUT2D eigenvalue weighted by Crippen LogP contribution is 2.35. The fraction of sp³-hybridized carbons (Fsp3) is 0.381. The summed E-state index contributed by atoms with van der Waals surface area (Å²) in [6.45, 7) is 10.1. The molecule has 2 heterocycles. The number of thiophene rings is 1. The van der Waals surface area contributed by atoms with Gasteiger partial charge in [-0.1, -0.05) is 45.0 Å². The maximum absolute atomic E-state index is 13.2. The lowest BCUT2D eigenvalue weighted by Crippen LogP contribution is -2.38. The normalized spacial score (nSPS) is 13.1. The third kappa shape index (κ3) is 3.81. The Bertz CT molecular complexity index is 1010. The second-order valence-corrected chi connectivity index (χ2v) is 9.00. The van der Waals surface area contributed by atoms with Crippen molar-refractivity contribution in [1.29, 1.82) is 0 Å². The second kappa shape index (κ2) is 7.27. The van der Waals surface area contributed by atoms with Gasteiger partial charge in [0.15, 0.2) is 5.69 Å². The highest BCUT2D eigenvalue weighted by molar-refractivity contribution is 7.10. The average Bonchev–Trinajstić information content (AvgIpc) is 3.12. The summed E-state index contributed by atoms with van der Waals surface area (Å²) < 4.78 is 1.38. The smallest absolute Gasteiger partial charge is 0.274 e. The zero-order valence-corrected chi connectivity index (χ0v) is 17.1. The molecule has 0 bridgehead atoms. The van der Waals surface area contributed by atoms with Gasteiger partial charge in [-0.25, -0.2) is 4.68 Å². The van der Waals surface area contributed by atoms with E-state index in [1.807, 2.05) is 37.4 Å². The number of carbonyl (C=O) groups is 1. The highest BCUT2D eigenvalue weighted by atomic mass is 32.1. The molecule has 1 N–H and O–H groups in total. The number of rotatable bonds is 4. The van der Waals surface area contributed by atoms with Gasteiger partial charge in [0.05, 0.1) is 17.5 Å². The van der Waals surface area contributed by atoms with E-state index in [1.165, 1.54) is 4.68 Å². The number of amides is 1.